The third-order valence-electron chi connectivity index (χ3n) is 3.18. The van der Waals surface area contributed by atoms with Crippen molar-refractivity contribution in [1.82, 2.24) is 15.2 Å². The molecule has 0 bridgehead atoms. The summed E-state index contributed by atoms with van der Waals surface area (Å²) in [6, 6.07) is 0.523. The Labute approximate surface area is 95.5 Å². The molecular weight excluding hydrogens is 206 g/mol. The summed E-state index contributed by atoms with van der Waals surface area (Å²) in [6.07, 6.45) is 1.28. The first-order valence-electron chi connectivity index (χ1n) is 5.62. The summed E-state index contributed by atoms with van der Waals surface area (Å²) in [5.74, 6) is 0.719. The minimum Gasteiger partial charge on any atom is -0.317 e. The zero-order chi connectivity index (χ0) is 10.7. The van der Waals surface area contributed by atoms with Gasteiger partial charge in [-0.05, 0) is 39.0 Å². The van der Waals surface area contributed by atoms with Crippen molar-refractivity contribution in [2.24, 2.45) is 5.92 Å². The zero-order valence-electron chi connectivity index (χ0n) is 9.44. The average Bonchev–Trinajstić information content (AvgIpc) is 2.84. The summed E-state index contributed by atoms with van der Waals surface area (Å²) in [4.78, 5) is 6.88. The van der Waals surface area contributed by atoms with Gasteiger partial charge in [-0.3, -0.25) is 4.90 Å². The Morgan fingerprint density at radius 3 is 3.20 bits per heavy atom. The number of rotatable bonds is 4. The van der Waals surface area contributed by atoms with Gasteiger partial charge < -0.3 is 5.32 Å². The third-order valence-corrected chi connectivity index (χ3v) is 3.79. The van der Waals surface area contributed by atoms with Crippen LogP contribution in [-0.2, 0) is 0 Å². The lowest BCUT2D eigenvalue weighted by atomic mass is 9.98. The van der Waals surface area contributed by atoms with Crippen LogP contribution in [0.15, 0.2) is 10.9 Å². The maximum Gasteiger partial charge on any atom is 0.0795 e. The lowest BCUT2D eigenvalue weighted by Crippen LogP contribution is -2.28. The summed E-state index contributed by atoms with van der Waals surface area (Å²) in [5.41, 5.74) is 3.19. The first-order chi connectivity index (χ1) is 7.33. The van der Waals surface area contributed by atoms with Crippen LogP contribution >= 0.6 is 11.3 Å². The van der Waals surface area contributed by atoms with Gasteiger partial charge in [-0.15, -0.1) is 11.3 Å². The van der Waals surface area contributed by atoms with Gasteiger partial charge in [0.15, 0.2) is 0 Å². The second-order valence-electron chi connectivity index (χ2n) is 4.20. The SMILES string of the molecule is CCNCC1CCN(C)C1c1cscn1. The van der Waals surface area contributed by atoms with E-state index >= 15 is 0 Å². The first kappa shape index (κ1) is 11.0. The molecule has 1 aromatic rings. The first-order valence-corrected chi connectivity index (χ1v) is 6.56. The number of nitrogens with one attached hydrogen (secondary N) is 1. The molecular formula is C11H19N3S. The molecule has 2 unspecified atom stereocenters. The van der Waals surface area contributed by atoms with Gasteiger partial charge in [-0.2, -0.15) is 0 Å². The Hall–Kier alpha value is -0.450. The monoisotopic (exact) mass is 225 g/mol. The van der Waals surface area contributed by atoms with Crippen LogP contribution in [0.4, 0.5) is 0 Å². The maximum atomic E-state index is 4.46. The summed E-state index contributed by atoms with van der Waals surface area (Å²) in [7, 11) is 2.20. The van der Waals surface area contributed by atoms with Crippen molar-refractivity contribution in [3.63, 3.8) is 0 Å². The van der Waals surface area contributed by atoms with E-state index < -0.39 is 0 Å². The lowest BCUT2D eigenvalue weighted by Gasteiger charge is -2.23. The summed E-state index contributed by atoms with van der Waals surface area (Å²) < 4.78 is 0. The summed E-state index contributed by atoms with van der Waals surface area (Å²) in [6.45, 7) is 5.53. The van der Waals surface area contributed by atoms with Gasteiger partial charge in [-0.1, -0.05) is 6.92 Å². The highest BCUT2D eigenvalue weighted by molar-refractivity contribution is 7.07. The van der Waals surface area contributed by atoms with E-state index in [4.69, 9.17) is 0 Å². The molecule has 0 amide bonds. The van der Waals surface area contributed by atoms with Crippen molar-refractivity contribution < 1.29 is 0 Å². The number of likely N-dealkylation sites (tertiary alicyclic amines) is 1. The third kappa shape index (κ3) is 2.38. The van der Waals surface area contributed by atoms with Crippen molar-refractivity contribution in [1.29, 1.82) is 0 Å². The fourth-order valence-corrected chi connectivity index (χ4v) is 2.99. The average molecular weight is 225 g/mol. The Morgan fingerprint density at radius 1 is 1.67 bits per heavy atom. The van der Waals surface area contributed by atoms with Crippen molar-refractivity contribution in [3.8, 4) is 0 Å². The van der Waals surface area contributed by atoms with E-state index in [1.165, 1.54) is 18.7 Å². The minimum atomic E-state index is 0.523. The quantitative estimate of drug-likeness (QED) is 0.846. The molecule has 2 atom stereocenters. The molecule has 0 spiro atoms. The molecule has 3 nitrogen and oxygen atoms in total. The van der Waals surface area contributed by atoms with Crippen molar-refractivity contribution in [2.45, 2.75) is 19.4 Å². The van der Waals surface area contributed by atoms with Crippen LogP contribution in [0, 0.1) is 5.92 Å². The topological polar surface area (TPSA) is 28.2 Å². The molecule has 0 saturated carbocycles. The summed E-state index contributed by atoms with van der Waals surface area (Å²) in [5, 5.41) is 5.64. The second kappa shape index (κ2) is 5.05. The van der Waals surface area contributed by atoms with Gasteiger partial charge in [0, 0.05) is 5.38 Å². The number of thiazole rings is 1. The number of nitrogens with zero attached hydrogens (tertiary/aromatic N) is 2. The molecule has 1 aromatic heterocycles. The molecule has 15 heavy (non-hydrogen) atoms. The lowest BCUT2D eigenvalue weighted by molar-refractivity contribution is 0.268. The van der Waals surface area contributed by atoms with E-state index in [9.17, 15) is 0 Å². The van der Waals surface area contributed by atoms with E-state index in [1.54, 1.807) is 11.3 Å². The molecule has 0 aliphatic carbocycles. The van der Waals surface area contributed by atoms with Crippen LogP contribution in [0.25, 0.3) is 0 Å². The van der Waals surface area contributed by atoms with E-state index in [2.05, 4.69) is 34.6 Å². The highest BCUT2D eigenvalue weighted by atomic mass is 32.1. The molecule has 2 heterocycles. The predicted molar refractivity (Wildman–Crippen MR) is 64.1 cm³/mol. The van der Waals surface area contributed by atoms with Gasteiger partial charge in [0.2, 0.25) is 0 Å². The van der Waals surface area contributed by atoms with Crippen molar-refractivity contribution in [2.75, 3.05) is 26.7 Å². The van der Waals surface area contributed by atoms with Crippen molar-refractivity contribution >= 4 is 11.3 Å². The fraction of sp³-hybridized carbons (Fsp3) is 0.727. The molecule has 1 aliphatic heterocycles. The minimum absolute atomic E-state index is 0.523. The Balaban J connectivity index is 2.05. The molecule has 2 rings (SSSR count). The number of hydrogen-bond acceptors (Lipinski definition) is 4. The molecule has 1 saturated heterocycles. The van der Waals surface area contributed by atoms with Crippen LogP contribution in [0.3, 0.4) is 0 Å². The van der Waals surface area contributed by atoms with Crippen LogP contribution in [0.5, 0.6) is 0 Å². The molecule has 0 radical (unpaired) electrons. The second-order valence-corrected chi connectivity index (χ2v) is 4.91. The van der Waals surface area contributed by atoms with Gasteiger partial charge >= 0.3 is 0 Å². The van der Waals surface area contributed by atoms with Crippen LogP contribution in [-0.4, -0.2) is 36.6 Å². The number of hydrogen-bond donors (Lipinski definition) is 1. The number of aromatic nitrogens is 1. The molecule has 1 fully saturated rings. The Morgan fingerprint density at radius 2 is 2.53 bits per heavy atom. The highest BCUT2D eigenvalue weighted by Crippen LogP contribution is 2.35. The largest absolute Gasteiger partial charge is 0.317 e. The van der Waals surface area contributed by atoms with Crippen LogP contribution < -0.4 is 5.32 Å². The molecule has 4 heteroatoms. The Kier molecular flexibility index (Phi) is 3.72. The van der Waals surface area contributed by atoms with E-state index in [1.807, 2.05) is 5.51 Å². The van der Waals surface area contributed by atoms with Gasteiger partial charge in [0.1, 0.15) is 0 Å². The fourth-order valence-electron chi connectivity index (χ4n) is 2.40. The maximum absolute atomic E-state index is 4.46. The standard InChI is InChI=1S/C11H19N3S/c1-3-12-6-9-4-5-14(2)11(9)10-7-15-8-13-10/h7-9,11-12H,3-6H2,1-2H3. The normalized spacial score (nSPS) is 27.3. The highest BCUT2D eigenvalue weighted by Gasteiger charge is 2.33. The van der Waals surface area contributed by atoms with Crippen LogP contribution in [0.1, 0.15) is 25.1 Å². The molecule has 1 aliphatic rings. The van der Waals surface area contributed by atoms with E-state index in [0.717, 1.165) is 19.0 Å². The zero-order valence-corrected chi connectivity index (χ0v) is 10.3. The summed E-state index contributed by atoms with van der Waals surface area (Å²) >= 11 is 1.70. The van der Waals surface area contributed by atoms with E-state index in [-0.39, 0.29) is 0 Å². The Bertz CT molecular complexity index is 286. The smallest absolute Gasteiger partial charge is 0.0795 e. The van der Waals surface area contributed by atoms with Gasteiger partial charge in [0.05, 0.1) is 17.2 Å². The van der Waals surface area contributed by atoms with Gasteiger partial charge in [-0.25, -0.2) is 4.98 Å². The van der Waals surface area contributed by atoms with E-state index in [0.29, 0.717) is 6.04 Å². The van der Waals surface area contributed by atoms with Crippen LogP contribution in [0.2, 0.25) is 0 Å². The molecule has 84 valence electrons. The van der Waals surface area contributed by atoms with Gasteiger partial charge in [0.25, 0.3) is 0 Å². The predicted octanol–water partition coefficient (Wildman–Crippen LogP) is 1.75. The molecule has 0 aromatic carbocycles. The molecule has 1 N–H and O–H groups in total. The van der Waals surface area contributed by atoms with Crippen molar-refractivity contribution in [3.05, 3.63) is 16.6 Å².